The van der Waals surface area contributed by atoms with Crippen LogP contribution in [0, 0.1) is 12.8 Å². The Morgan fingerprint density at radius 1 is 1.21 bits per heavy atom. The zero-order valence-electron chi connectivity index (χ0n) is 16.2. The molecule has 1 aliphatic rings. The van der Waals surface area contributed by atoms with E-state index < -0.39 is 18.0 Å². The first-order chi connectivity index (χ1) is 13.5. The number of carbonyl (C=O) groups excluding carboxylic acids is 2. The van der Waals surface area contributed by atoms with Crippen LogP contribution >= 0.6 is 0 Å². The van der Waals surface area contributed by atoms with Crippen molar-refractivity contribution >= 4 is 11.9 Å². The SMILES string of the molecule is Cc1cc(=O)c(C(=O)OCC(=O)NC2CCCCC2C)nn1-c1ccccc1. The number of hydrogen-bond donors (Lipinski definition) is 1. The molecule has 2 unspecified atom stereocenters. The van der Waals surface area contributed by atoms with E-state index in [-0.39, 0.29) is 17.6 Å². The molecule has 1 fully saturated rings. The van der Waals surface area contributed by atoms with E-state index in [0.717, 1.165) is 24.9 Å². The number of para-hydroxylation sites is 1. The lowest BCUT2D eigenvalue weighted by Gasteiger charge is -2.29. The molecule has 1 heterocycles. The van der Waals surface area contributed by atoms with Crippen LogP contribution in [0.4, 0.5) is 0 Å². The Balaban J connectivity index is 1.67. The Bertz CT molecular complexity index is 908. The lowest BCUT2D eigenvalue weighted by molar-refractivity contribution is -0.125. The summed E-state index contributed by atoms with van der Waals surface area (Å²) in [7, 11) is 0. The van der Waals surface area contributed by atoms with Gasteiger partial charge in [0.25, 0.3) is 5.91 Å². The van der Waals surface area contributed by atoms with Crippen molar-refractivity contribution in [3.05, 3.63) is 58.0 Å². The van der Waals surface area contributed by atoms with Gasteiger partial charge in [0.15, 0.2) is 6.61 Å². The highest BCUT2D eigenvalue weighted by atomic mass is 16.5. The summed E-state index contributed by atoms with van der Waals surface area (Å²) in [6.07, 6.45) is 4.27. The molecule has 28 heavy (non-hydrogen) atoms. The quantitative estimate of drug-likeness (QED) is 0.801. The van der Waals surface area contributed by atoms with Gasteiger partial charge in [-0.25, -0.2) is 9.48 Å². The van der Waals surface area contributed by atoms with Crippen LogP contribution in [0.3, 0.4) is 0 Å². The van der Waals surface area contributed by atoms with Crippen molar-refractivity contribution in [2.75, 3.05) is 6.61 Å². The molecule has 3 rings (SSSR count). The maximum absolute atomic E-state index is 12.3. The van der Waals surface area contributed by atoms with Gasteiger partial charge in [-0.05, 0) is 37.8 Å². The van der Waals surface area contributed by atoms with Crippen LogP contribution in [-0.4, -0.2) is 34.3 Å². The predicted molar refractivity (Wildman–Crippen MR) is 104 cm³/mol. The lowest BCUT2D eigenvalue weighted by atomic mass is 9.86. The smallest absolute Gasteiger partial charge is 0.363 e. The fourth-order valence-electron chi connectivity index (χ4n) is 3.50. The first-order valence-corrected chi connectivity index (χ1v) is 9.58. The molecule has 1 aliphatic carbocycles. The van der Waals surface area contributed by atoms with E-state index >= 15 is 0 Å². The Labute approximate surface area is 163 Å². The maximum atomic E-state index is 12.3. The van der Waals surface area contributed by atoms with Crippen molar-refractivity contribution in [3.8, 4) is 5.69 Å². The van der Waals surface area contributed by atoms with Gasteiger partial charge >= 0.3 is 5.97 Å². The molecule has 148 valence electrons. The van der Waals surface area contributed by atoms with Crippen molar-refractivity contribution in [1.82, 2.24) is 15.1 Å². The molecule has 2 aromatic rings. The summed E-state index contributed by atoms with van der Waals surface area (Å²) in [5.41, 5.74) is 0.444. The van der Waals surface area contributed by atoms with Gasteiger partial charge in [-0.3, -0.25) is 9.59 Å². The third-order valence-corrected chi connectivity index (χ3v) is 5.09. The second-order valence-corrected chi connectivity index (χ2v) is 7.26. The largest absolute Gasteiger partial charge is 0.451 e. The summed E-state index contributed by atoms with van der Waals surface area (Å²) in [5, 5.41) is 7.06. The first kappa shape index (κ1) is 19.8. The van der Waals surface area contributed by atoms with Crippen molar-refractivity contribution in [2.24, 2.45) is 5.92 Å². The molecule has 0 bridgehead atoms. The summed E-state index contributed by atoms with van der Waals surface area (Å²) in [5.74, 6) is -0.852. The molecule has 7 nitrogen and oxygen atoms in total. The number of hydrogen-bond acceptors (Lipinski definition) is 5. The number of carbonyl (C=O) groups is 2. The number of aryl methyl sites for hydroxylation is 1. The van der Waals surface area contributed by atoms with Gasteiger partial charge in [0.1, 0.15) is 0 Å². The van der Waals surface area contributed by atoms with Crippen LogP contribution in [0.2, 0.25) is 0 Å². The van der Waals surface area contributed by atoms with Crippen molar-refractivity contribution in [2.45, 2.75) is 45.6 Å². The van der Waals surface area contributed by atoms with Gasteiger partial charge in [0.05, 0.1) is 5.69 Å². The summed E-state index contributed by atoms with van der Waals surface area (Å²) in [6.45, 7) is 3.41. The number of nitrogens with zero attached hydrogens (tertiary/aromatic N) is 2. The minimum atomic E-state index is -0.901. The molecular formula is C21H25N3O4. The molecular weight excluding hydrogens is 358 g/mol. The second kappa shape index (κ2) is 8.82. The van der Waals surface area contributed by atoms with E-state index in [2.05, 4.69) is 17.3 Å². The minimum Gasteiger partial charge on any atom is -0.451 e. The van der Waals surface area contributed by atoms with E-state index in [1.807, 2.05) is 30.3 Å². The van der Waals surface area contributed by atoms with E-state index in [1.54, 1.807) is 6.92 Å². The van der Waals surface area contributed by atoms with Crippen molar-refractivity contribution in [3.63, 3.8) is 0 Å². The molecule has 1 N–H and O–H groups in total. The van der Waals surface area contributed by atoms with Crippen LogP contribution in [0.15, 0.2) is 41.2 Å². The molecule has 7 heteroatoms. The Morgan fingerprint density at radius 2 is 1.93 bits per heavy atom. The number of nitrogens with one attached hydrogen (secondary N) is 1. The number of aromatic nitrogens is 2. The predicted octanol–water partition coefficient (Wildman–Crippen LogP) is 2.39. The maximum Gasteiger partial charge on any atom is 0.363 e. The number of rotatable bonds is 5. The Kier molecular flexibility index (Phi) is 6.23. The summed E-state index contributed by atoms with van der Waals surface area (Å²) >= 11 is 0. The topological polar surface area (TPSA) is 90.3 Å². The average Bonchev–Trinajstić information content (AvgIpc) is 2.69. The van der Waals surface area contributed by atoms with Crippen molar-refractivity contribution < 1.29 is 14.3 Å². The first-order valence-electron chi connectivity index (χ1n) is 9.58. The molecule has 1 saturated carbocycles. The molecule has 2 atom stereocenters. The molecule has 0 radical (unpaired) electrons. The fourth-order valence-corrected chi connectivity index (χ4v) is 3.50. The summed E-state index contributed by atoms with van der Waals surface area (Å²) in [6, 6.07) is 10.6. The fraction of sp³-hybridized carbons (Fsp3) is 0.429. The second-order valence-electron chi connectivity index (χ2n) is 7.26. The summed E-state index contributed by atoms with van der Waals surface area (Å²) < 4.78 is 6.55. The molecule has 1 aromatic carbocycles. The lowest BCUT2D eigenvalue weighted by Crippen LogP contribution is -2.43. The van der Waals surface area contributed by atoms with Crippen LogP contribution in [-0.2, 0) is 9.53 Å². The summed E-state index contributed by atoms with van der Waals surface area (Å²) in [4.78, 5) is 36.7. The Hall–Kier alpha value is -2.96. The van der Waals surface area contributed by atoms with Crippen LogP contribution < -0.4 is 10.7 Å². The monoisotopic (exact) mass is 383 g/mol. The third kappa shape index (κ3) is 4.65. The molecule has 0 aliphatic heterocycles. The number of amides is 1. The Morgan fingerprint density at radius 3 is 2.64 bits per heavy atom. The van der Waals surface area contributed by atoms with Gasteiger partial charge in [-0.1, -0.05) is 38.0 Å². The minimum absolute atomic E-state index is 0.104. The molecule has 1 amide bonds. The highest BCUT2D eigenvalue weighted by Crippen LogP contribution is 2.23. The van der Waals surface area contributed by atoms with Crippen molar-refractivity contribution in [1.29, 1.82) is 0 Å². The van der Waals surface area contributed by atoms with Gasteiger partial charge in [-0.15, -0.1) is 0 Å². The van der Waals surface area contributed by atoms with Gasteiger partial charge in [0, 0.05) is 17.8 Å². The van der Waals surface area contributed by atoms with E-state index in [4.69, 9.17) is 4.74 Å². The van der Waals surface area contributed by atoms with Gasteiger partial charge < -0.3 is 10.1 Å². The van der Waals surface area contributed by atoms with E-state index in [0.29, 0.717) is 11.6 Å². The standard InChI is InChI=1S/C21H25N3O4/c1-14-8-6-7-11-17(14)22-19(26)13-28-21(27)20-18(25)12-15(2)24(23-20)16-9-4-3-5-10-16/h3-5,9-10,12,14,17H,6-8,11,13H2,1-2H3,(H,22,26). The third-order valence-electron chi connectivity index (χ3n) is 5.09. The van der Waals surface area contributed by atoms with Gasteiger partial charge in [-0.2, -0.15) is 5.10 Å². The normalized spacial score (nSPS) is 19.1. The average molecular weight is 383 g/mol. The molecule has 1 aromatic heterocycles. The molecule has 0 saturated heterocycles. The number of benzene rings is 1. The highest BCUT2D eigenvalue weighted by Gasteiger charge is 2.24. The highest BCUT2D eigenvalue weighted by molar-refractivity contribution is 5.89. The molecule has 0 spiro atoms. The van der Waals surface area contributed by atoms with Crippen LogP contribution in [0.5, 0.6) is 0 Å². The zero-order chi connectivity index (χ0) is 20.1. The number of esters is 1. The van der Waals surface area contributed by atoms with Gasteiger partial charge in [0.2, 0.25) is 11.1 Å². The van der Waals surface area contributed by atoms with E-state index in [1.165, 1.54) is 17.2 Å². The zero-order valence-corrected chi connectivity index (χ0v) is 16.2. The van der Waals surface area contributed by atoms with Crippen LogP contribution in [0.25, 0.3) is 5.69 Å². The number of ether oxygens (including phenoxy) is 1. The van der Waals surface area contributed by atoms with E-state index in [9.17, 15) is 14.4 Å². The van der Waals surface area contributed by atoms with Crippen LogP contribution in [0.1, 0.15) is 48.8 Å².